The fourth-order valence-electron chi connectivity index (χ4n) is 2.04. The first kappa shape index (κ1) is 13.0. The number of aliphatic carboxylic acids is 1. The summed E-state index contributed by atoms with van der Waals surface area (Å²) in [5.74, 6) is -0.444. The fraction of sp³-hybridized carbons (Fsp3) is 0.818. The number of nitrogens with zero attached hydrogens (tertiary/aromatic N) is 1. The summed E-state index contributed by atoms with van der Waals surface area (Å²) >= 11 is 0. The van der Waals surface area contributed by atoms with E-state index in [1.165, 1.54) is 0 Å². The molecule has 0 aromatic heterocycles. The van der Waals surface area contributed by atoms with Crippen LogP contribution in [0.3, 0.4) is 0 Å². The molecule has 5 nitrogen and oxygen atoms in total. The lowest BCUT2D eigenvalue weighted by Crippen LogP contribution is -2.40. The Balaban J connectivity index is 2.31. The summed E-state index contributed by atoms with van der Waals surface area (Å²) in [5, 5.41) is 8.66. The summed E-state index contributed by atoms with van der Waals surface area (Å²) < 4.78 is 0. The minimum atomic E-state index is -0.750. The number of likely N-dealkylation sites (tertiary alicyclic amines) is 1. The van der Waals surface area contributed by atoms with Crippen molar-refractivity contribution in [3.05, 3.63) is 0 Å². The lowest BCUT2D eigenvalue weighted by molar-refractivity contribution is -0.138. The molecule has 1 heterocycles. The zero-order valence-electron chi connectivity index (χ0n) is 9.69. The molecule has 3 N–H and O–H groups in total. The Morgan fingerprint density at radius 1 is 1.44 bits per heavy atom. The number of carbonyl (C=O) groups is 2. The van der Waals surface area contributed by atoms with Crippen molar-refractivity contribution < 1.29 is 14.7 Å². The number of hydrogen-bond acceptors (Lipinski definition) is 3. The number of carboxylic acids is 1. The molecule has 1 aliphatic rings. The van der Waals surface area contributed by atoms with Crippen LogP contribution in [0.25, 0.3) is 0 Å². The van der Waals surface area contributed by atoms with E-state index in [9.17, 15) is 9.59 Å². The first-order chi connectivity index (χ1) is 7.49. The summed E-state index contributed by atoms with van der Waals surface area (Å²) in [6.45, 7) is 3.15. The highest BCUT2D eigenvalue weighted by Crippen LogP contribution is 2.20. The predicted octanol–water partition coefficient (Wildman–Crippen LogP) is 0.437. The van der Waals surface area contributed by atoms with Crippen LogP contribution in [0, 0.1) is 5.92 Å². The van der Waals surface area contributed by atoms with E-state index in [0.717, 1.165) is 12.8 Å². The molecule has 1 atom stereocenters. The van der Waals surface area contributed by atoms with Gasteiger partial charge >= 0.3 is 5.97 Å². The quantitative estimate of drug-likeness (QED) is 0.731. The molecule has 1 amide bonds. The Labute approximate surface area is 95.6 Å². The Morgan fingerprint density at radius 2 is 2.00 bits per heavy atom. The minimum Gasteiger partial charge on any atom is -0.481 e. The van der Waals surface area contributed by atoms with Crippen LogP contribution in [-0.4, -0.2) is 41.0 Å². The van der Waals surface area contributed by atoms with Crippen LogP contribution < -0.4 is 5.73 Å². The third-order valence-corrected chi connectivity index (χ3v) is 2.93. The van der Waals surface area contributed by atoms with Gasteiger partial charge in [0, 0.05) is 32.0 Å². The molecule has 0 aromatic carbocycles. The van der Waals surface area contributed by atoms with Crippen molar-refractivity contribution in [3.63, 3.8) is 0 Å². The lowest BCUT2D eigenvalue weighted by atomic mass is 9.93. The SMILES string of the molecule is CC(N)CC(=O)N1CCC(CC(=O)O)CC1. The van der Waals surface area contributed by atoms with E-state index in [4.69, 9.17) is 10.8 Å². The van der Waals surface area contributed by atoms with E-state index in [-0.39, 0.29) is 24.3 Å². The van der Waals surface area contributed by atoms with Crippen molar-refractivity contribution in [1.29, 1.82) is 0 Å². The van der Waals surface area contributed by atoms with Gasteiger partial charge < -0.3 is 15.7 Å². The molecule has 1 rings (SSSR count). The van der Waals surface area contributed by atoms with Crippen LogP contribution in [0.15, 0.2) is 0 Å². The van der Waals surface area contributed by atoms with Crippen LogP contribution >= 0.6 is 0 Å². The normalized spacial score (nSPS) is 19.5. The highest BCUT2D eigenvalue weighted by atomic mass is 16.4. The van der Waals surface area contributed by atoms with Crippen LogP contribution in [0.2, 0.25) is 0 Å². The maximum atomic E-state index is 11.7. The molecule has 0 bridgehead atoms. The molecule has 0 aliphatic carbocycles. The van der Waals surface area contributed by atoms with Crippen molar-refractivity contribution in [2.24, 2.45) is 11.7 Å². The third-order valence-electron chi connectivity index (χ3n) is 2.93. The molecule has 0 saturated carbocycles. The average molecular weight is 228 g/mol. The Morgan fingerprint density at radius 3 is 2.44 bits per heavy atom. The monoisotopic (exact) mass is 228 g/mol. The number of hydrogen-bond donors (Lipinski definition) is 2. The summed E-state index contributed by atoms with van der Waals surface area (Å²) in [7, 11) is 0. The lowest BCUT2D eigenvalue weighted by Gasteiger charge is -2.31. The maximum absolute atomic E-state index is 11.7. The van der Waals surface area contributed by atoms with E-state index in [2.05, 4.69) is 0 Å². The molecule has 5 heteroatoms. The van der Waals surface area contributed by atoms with Gasteiger partial charge in [0.25, 0.3) is 0 Å². The van der Waals surface area contributed by atoms with Crippen LogP contribution in [0.1, 0.15) is 32.6 Å². The van der Waals surface area contributed by atoms with Gasteiger partial charge in [0.1, 0.15) is 0 Å². The number of amides is 1. The van der Waals surface area contributed by atoms with Gasteiger partial charge in [-0.3, -0.25) is 9.59 Å². The van der Waals surface area contributed by atoms with Gasteiger partial charge in [-0.1, -0.05) is 0 Å². The second-order valence-electron chi connectivity index (χ2n) is 4.60. The third kappa shape index (κ3) is 4.18. The van der Waals surface area contributed by atoms with Gasteiger partial charge in [0.05, 0.1) is 0 Å². The standard InChI is InChI=1S/C11H20N2O3/c1-8(12)6-10(14)13-4-2-9(3-5-13)7-11(15)16/h8-9H,2-7,12H2,1H3,(H,15,16). The van der Waals surface area contributed by atoms with E-state index < -0.39 is 5.97 Å². The molecular formula is C11H20N2O3. The number of rotatable bonds is 4. The first-order valence-electron chi connectivity index (χ1n) is 5.74. The number of carbonyl (C=O) groups excluding carboxylic acids is 1. The summed E-state index contributed by atoms with van der Waals surface area (Å²) in [6.07, 6.45) is 2.17. The highest BCUT2D eigenvalue weighted by Gasteiger charge is 2.24. The molecule has 92 valence electrons. The van der Waals surface area contributed by atoms with Gasteiger partial charge in [0.2, 0.25) is 5.91 Å². The van der Waals surface area contributed by atoms with E-state index in [0.29, 0.717) is 19.5 Å². The molecule has 1 saturated heterocycles. The molecule has 0 aromatic rings. The first-order valence-corrected chi connectivity index (χ1v) is 5.74. The largest absolute Gasteiger partial charge is 0.481 e. The highest BCUT2D eigenvalue weighted by molar-refractivity contribution is 5.76. The molecule has 0 radical (unpaired) electrons. The van der Waals surface area contributed by atoms with E-state index in [1.807, 2.05) is 6.92 Å². The van der Waals surface area contributed by atoms with Gasteiger partial charge in [-0.2, -0.15) is 0 Å². The van der Waals surface area contributed by atoms with Gasteiger partial charge in [0.15, 0.2) is 0 Å². The van der Waals surface area contributed by atoms with E-state index in [1.54, 1.807) is 4.90 Å². The fourth-order valence-corrected chi connectivity index (χ4v) is 2.04. The van der Waals surface area contributed by atoms with Crippen molar-refractivity contribution in [2.75, 3.05) is 13.1 Å². The summed E-state index contributed by atoms with van der Waals surface area (Å²) in [6, 6.07) is -0.107. The second kappa shape index (κ2) is 5.84. The van der Waals surface area contributed by atoms with Crippen molar-refractivity contribution >= 4 is 11.9 Å². The minimum absolute atomic E-state index is 0.0868. The number of piperidine rings is 1. The van der Waals surface area contributed by atoms with Gasteiger partial charge in [-0.15, -0.1) is 0 Å². The van der Waals surface area contributed by atoms with Crippen molar-refractivity contribution in [1.82, 2.24) is 4.90 Å². The van der Waals surface area contributed by atoms with E-state index >= 15 is 0 Å². The van der Waals surface area contributed by atoms with Crippen molar-refractivity contribution in [3.8, 4) is 0 Å². The molecular weight excluding hydrogens is 208 g/mol. The molecule has 0 spiro atoms. The van der Waals surface area contributed by atoms with Crippen LogP contribution in [-0.2, 0) is 9.59 Å². The predicted molar refractivity (Wildman–Crippen MR) is 59.8 cm³/mol. The van der Waals surface area contributed by atoms with Gasteiger partial charge in [-0.05, 0) is 25.7 Å². The smallest absolute Gasteiger partial charge is 0.303 e. The maximum Gasteiger partial charge on any atom is 0.303 e. The zero-order valence-corrected chi connectivity index (χ0v) is 9.69. The second-order valence-corrected chi connectivity index (χ2v) is 4.60. The number of nitrogens with two attached hydrogens (primary N) is 1. The molecule has 16 heavy (non-hydrogen) atoms. The zero-order chi connectivity index (χ0) is 12.1. The Hall–Kier alpha value is -1.10. The molecule has 1 unspecified atom stereocenters. The number of carboxylic acid groups (broad SMARTS) is 1. The Bertz CT molecular complexity index is 258. The van der Waals surface area contributed by atoms with Crippen molar-refractivity contribution in [2.45, 2.75) is 38.6 Å². The summed E-state index contributed by atoms with van der Waals surface area (Å²) in [4.78, 5) is 24.0. The van der Waals surface area contributed by atoms with Crippen LogP contribution in [0.4, 0.5) is 0 Å². The van der Waals surface area contributed by atoms with Gasteiger partial charge in [-0.25, -0.2) is 0 Å². The summed E-state index contributed by atoms with van der Waals surface area (Å²) in [5.41, 5.74) is 5.57. The molecule has 1 aliphatic heterocycles. The topological polar surface area (TPSA) is 83.6 Å². The Kier molecular flexibility index (Phi) is 4.73. The average Bonchev–Trinajstić information content (AvgIpc) is 2.16. The van der Waals surface area contributed by atoms with Crippen LogP contribution in [0.5, 0.6) is 0 Å². The molecule has 1 fully saturated rings.